The molecule has 1 rings (SSSR count). The van der Waals surface area contributed by atoms with E-state index in [-0.39, 0.29) is 23.6 Å². The fourth-order valence-electron chi connectivity index (χ4n) is 1.50. The molecule has 0 saturated heterocycles. The SMILES string of the molecule is CC(C)(C)C(N)C(=O)NCc1ccc(OC(F)(F)F)cc1. The van der Waals surface area contributed by atoms with Crippen molar-refractivity contribution in [1.82, 2.24) is 5.32 Å². The van der Waals surface area contributed by atoms with Gasteiger partial charge in [0.1, 0.15) is 5.75 Å². The highest BCUT2D eigenvalue weighted by Crippen LogP contribution is 2.22. The fourth-order valence-corrected chi connectivity index (χ4v) is 1.50. The van der Waals surface area contributed by atoms with Gasteiger partial charge in [0.05, 0.1) is 6.04 Å². The van der Waals surface area contributed by atoms with Crippen molar-refractivity contribution < 1.29 is 22.7 Å². The van der Waals surface area contributed by atoms with Crippen LogP contribution in [0.1, 0.15) is 26.3 Å². The van der Waals surface area contributed by atoms with Crippen molar-refractivity contribution in [2.45, 2.75) is 39.7 Å². The molecule has 1 amide bonds. The molecule has 3 N–H and O–H groups in total. The molecule has 4 nitrogen and oxygen atoms in total. The number of nitrogens with one attached hydrogen (secondary N) is 1. The number of carbonyl (C=O) groups excluding carboxylic acids is 1. The Labute approximate surface area is 121 Å². The number of hydrogen-bond acceptors (Lipinski definition) is 3. The number of halogens is 3. The van der Waals surface area contributed by atoms with E-state index in [1.807, 2.05) is 20.8 Å². The van der Waals surface area contributed by atoms with Gasteiger partial charge >= 0.3 is 6.36 Å². The van der Waals surface area contributed by atoms with Crippen LogP contribution in [0.2, 0.25) is 0 Å². The lowest BCUT2D eigenvalue weighted by atomic mass is 9.87. The van der Waals surface area contributed by atoms with Gasteiger partial charge in [0.15, 0.2) is 0 Å². The summed E-state index contributed by atoms with van der Waals surface area (Å²) in [7, 11) is 0. The average Bonchev–Trinajstić information content (AvgIpc) is 2.33. The van der Waals surface area contributed by atoms with Gasteiger partial charge in [-0.15, -0.1) is 13.2 Å². The molecule has 118 valence electrons. The molecular weight excluding hydrogens is 285 g/mol. The van der Waals surface area contributed by atoms with Gasteiger partial charge in [-0.25, -0.2) is 0 Å². The van der Waals surface area contributed by atoms with Crippen molar-refractivity contribution in [3.05, 3.63) is 29.8 Å². The van der Waals surface area contributed by atoms with Gasteiger partial charge in [0, 0.05) is 6.54 Å². The molecule has 0 saturated carbocycles. The van der Waals surface area contributed by atoms with Gasteiger partial charge in [0.25, 0.3) is 0 Å². The zero-order valence-corrected chi connectivity index (χ0v) is 12.1. The summed E-state index contributed by atoms with van der Waals surface area (Å²) >= 11 is 0. The number of benzene rings is 1. The smallest absolute Gasteiger partial charge is 0.406 e. The first kappa shape index (κ1) is 17.3. The summed E-state index contributed by atoms with van der Waals surface area (Å²) in [6.07, 6.45) is -4.71. The lowest BCUT2D eigenvalue weighted by Gasteiger charge is -2.25. The first-order chi connectivity index (χ1) is 9.49. The van der Waals surface area contributed by atoms with Crippen molar-refractivity contribution in [2.75, 3.05) is 0 Å². The minimum Gasteiger partial charge on any atom is -0.406 e. The number of nitrogens with two attached hydrogens (primary N) is 1. The predicted molar refractivity (Wildman–Crippen MR) is 72.4 cm³/mol. The molecule has 0 spiro atoms. The number of alkyl halides is 3. The Morgan fingerprint density at radius 1 is 1.24 bits per heavy atom. The quantitative estimate of drug-likeness (QED) is 0.898. The number of hydrogen-bond donors (Lipinski definition) is 2. The highest BCUT2D eigenvalue weighted by molar-refractivity contribution is 5.82. The van der Waals surface area contributed by atoms with Gasteiger partial charge in [0.2, 0.25) is 5.91 Å². The molecule has 0 fully saturated rings. The summed E-state index contributed by atoms with van der Waals surface area (Å²) in [5.74, 6) is -0.609. The largest absolute Gasteiger partial charge is 0.573 e. The Hall–Kier alpha value is -1.76. The van der Waals surface area contributed by atoms with E-state index < -0.39 is 12.4 Å². The molecule has 1 aromatic carbocycles. The molecule has 0 aliphatic carbocycles. The van der Waals surface area contributed by atoms with Crippen LogP contribution in [-0.2, 0) is 11.3 Å². The van der Waals surface area contributed by atoms with E-state index in [2.05, 4.69) is 10.1 Å². The first-order valence-electron chi connectivity index (χ1n) is 6.37. The summed E-state index contributed by atoms with van der Waals surface area (Å²) < 4.78 is 39.8. The Morgan fingerprint density at radius 3 is 2.19 bits per heavy atom. The van der Waals surface area contributed by atoms with E-state index in [1.165, 1.54) is 24.3 Å². The molecule has 7 heteroatoms. The van der Waals surface area contributed by atoms with Crippen LogP contribution in [0.15, 0.2) is 24.3 Å². The molecular formula is C14H19F3N2O2. The molecule has 0 radical (unpaired) electrons. The van der Waals surface area contributed by atoms with Gasteiger partial charge in [-0.05, 0) is 23.1 Å². The summed E-state index contributed by atoms with van der Waals surface area (Å²) in [5, 5.41) is 2.65. The Morgan fingerprint density at radius 2 is 1.76 bits per heavy atom. The van der Waals surface area contributed by atoms with Crippen molar-refractivity contribution in [2.24, 2.45) is 11.1 Å². The third-order valence-electron chi connectivity index (χ3n) is 2.84. The van der Waals surface area contributed by atoms with Crippen LogP contribution in [0.25, 0.3) is 0 Å². The number of ether oxygens (including phenoxy) is 1. The van der Waals surface area contributed by atoms with Gasteiger partial charge in [-0.3, -0.25) is 4.79 Å². The molecule has 1 atom stereocenters. The van der Waals surface area contributed by atoms with Crippen LogP contribution in [0.4, 0.5) is 13.2 Å². The lowest BCUT2D eigenvalue weighted by molar-refractivity contribution is -0.274. The first-order valence-corrected chi connectivity index (χ1v) is 6.37. The number of amides is 1. The molecule has 0 heterocycles. The van der Waals surface area contributed by atoms with Crippen molar-refractivity contribution in [1.29, 1.82) is 0 Å². The van der Waals surface area contributed by atoms with Crippen LogP contribution in [-0.4, -0.2) is 18.3 Å². The van der Waals surface area contributed by atoms with Crippen molar-refractivity contribution in [3.8, 4) is 5.75 Å². The van der Waals surface area contributed by atoms with Crippen LogP contribution in [0, 0.1) is 5.41 Å². The maximum Gasteiger partial charge on any atom is 0.573 e. The van der Waals surface area contributed by atoms with E-state index in [4.69, 9.17) is 5.73 Å². The second kappa shape index (κ2) is 6.34. The fraction of sp³-hybridized carbons (Fsp3) is 0.500. The predicted octanol–water partition coefficient (Wildman–Crippen LogP) is 2.57. The maximum atomic E-state index is 12.0. The second-order valence-corrected chi connectivity index (χ2v) is 5.75. The van der Waals surface area contributed by atoms with Gasteiger partial charge in [-0.2, -0.15) is 0 Å². The van der Waals surface area contributed by atoms with Crippen LogP contribution in [0.5, 0.6) is 5.75 Å². The van der Waals surface area contributed by atoms with E-state index in [9.17, 15) is 18.0 Å². The standard InChI is InChI=1S/C14H19F3N2O2/c1-13(2,3)11(18)12(20)19-8-9-4-6-10(7-5-9)21-14(15,16)17/h4-7,11H,8,18H2,1-3H3,(H,19,20). The number of rotatable bonds is 4. The van der Waals surface area contributed by atoms with E-state index >= 15 is 0 Å². The summed E-state index contributed by atoms with van der Waals surface area (Å²) in [6, 6.07) is 4.62. The minimum atomic E-state index is -4.71. The Bertz CT molecular complexity index is 478. The second-order valence-electron chi connectivity index (χ2n) is 5.75. The molecule has 1 unspecified atom stereocenters. The van der Waals surface area contributed by atoms with Crippen molar-refractivity contribution >= 4 is 5.91 Å². The molecule has 0 aromatic heterocycles. The molecule has 1 aromatic rings. The normalized spacial score (nSPS) is 13.7. The van der Waals surface area contributed by atoms with Gasteiger partial charge < -0.3 is 15.8 Å². The highest BCUT2D eigenvalue weighted by atomic mass is 19.4. The van der Waals surface area contributed by atoms with Gasteiger partial charge in [-0.1, -0.05) is 32.9 Å². The lowest BCUT2D eigenvalue weighted by Crippen LogP contribution is -2.48. The summed E-state index contributed by atoms with van der Waals surface area (Å²) in [4.78, 5) is 11.8. The Kier molecular flexibility index (Phi) is 5.22. The summed E-state index contributed by atoms with van der Waals surface area (Å²) in [6.45, 7) is 5.73. The number of carbonyl (C=O) groups is 1. The molecule has 21 heavy (non-hydrogen) atoms. The van der Waals surface area contributed by atoms with Crippen LogP contribution >= 0.6 is 0 Å². The van der Waals surface area contributed by atoms with E-state index in [1.54, 1.807) is 0 Å². The zero-order valence-electron chi connectivity index (χ0n) is 12.1. The average molecular weight is 304 g/mol. The molecule has 0 aliphatic heterocycles. The maximum absolute atomic E-state index is 12.0. The zero-order chi connectivity index (χ0) is 16.3. The van der Waals surface area contributed by atoms with Crippen LogP contribution < -0.4 is 15.8 Å². The minimum absolute atomic E-state index is 0.189. The van der Waals surface area contributed by atoms with E-state index in [0.29, 0.717) is 5.56 Å². The highest BCUT2D eigenvalue weighted by Gasteiger charge is 2.31. The van der Waals surface area contributed by atoms with Crippen molar-refractivity contribution in [3.63, 3.8) is 0 Å². The van der Waals surface area contributed by atoms with E-state index in [0.717, 1.165) is 0 Å². The molecule has 0 bridgehead atoms. The Balaban J connectivity index is 2.55. The third kappa shape index (κ3) is 6.03. The monoisotopic (exact) mass is 304 g/mol. The third-order valence-corrected chi connectivity index (χ3v) is 2.84. The topological polar surface area (TPSA) is 64.4 Å². The van der Waals surface area contributed by atoms with Crippen LogP contribution in [0.3, 0.4) is 0 Å². The summed E-state index contributed by atoms with van der Waals surface area (Å²) in [5.41, 5.74) is 6.08. The molecule has 0 aliphatic rings.